The van der Waals surface area contributed by atoms with E-state index < -0.39 is 27.5 Å². The lowest BCUT2D eigenvalue weighted by Crippen LogP contribution is -2.39. The first-order valence-corrected chi connectivity index (χ1v) is 17.8. The highest BCUT2D eigenvalue weighted by atomic mass is 32.2. The Hall–Kier alpha value is -4.09. The van der Waals surface area contributed by atoms with Crippen molar-refractivity contribution in [3.63, 3.8) is 0 Å². The second kappa shape index (κ2) is 11.9. The highest BCUT2D eigenvalue weighted by molar-refractivity contribution is 7.87. The Balaban J connectivity index is 1.38. The number of anilines is 1. The molecular weight excluding hydrogens is 618 g/mol. The zero-order chi connectivity index (χ0) is 33.1. The zero-order valence-electron chi connectivity index (χ0n) is 26.9. The minimum absolute atomic E-state index is 0.0605. The topological polar surface area (TPSA) is 125 Å². The number of hydrogen-bond donors (Lipinski definition) is 2. The van der Waals surface area contributed by atoms with Crippen molar-refractivity contribution < 1.29 is 32.6 Å². The average molecular weight is 660 g/mol. The van der Waals surface area contributed by atoms with E-state index in [0.29, 0.717) is 30.4 Å². The Kier molecular flexibility index (Phi) is 7.95. The number of rotatable bonds is 9. The number of ether oxygens (including phenoxy) is 2. The number of carboxylic acid groups (broad SMARTS) is 1. The lowest BCUT2D eigenvalue weighted by molar-refractivity contribution is -0.143. The van der Waals surface area contributed by atoms with Gasteiger partial charge < -0.3 is 19.5 Å². The van der Waals surface area contributed by atoms with Crippen LogP contribution in [0.25, 0.3) is 0 Å². The smallest absolute Gasteiger partial charge is 0.312 e. The van der Waals surface area contributed by atoms with Gasteiger partial charge in [-0.15, -0.1) is 0 Å². The summed E-state index contributed by atoms with van der Waals surface area (Å²) < 4.78 is 40.5. The van der Waals surface area contributed by atoms with Gasteiger partial charge in [0.25, 0.3) is 5.91 Å². The monoisotopic (exact) mass is 659 g/mol. The van der Waals surface area contributed by atoms with Crippen molar-refractivity contribution in [2.45, 2.75) is 63.0 Å². The molecule has 4 unspecified atom stereocenters. The fourth-order valence-electron chi connectivity index (χ4n) is 8.26. The Morgan fingerprint density at radius 2 is 1.74 bits per heavy atom. The molecule has 2 aliphatic heterocycles. The molecule has 47 heavy (non-hydrogen) atoms. The highest BCUT2D eigenvalue weighted by Gasteiger charge is 2.67. The van der Waals surface area contributed by atoms with Crippen molar-refractivity contribution in [3.05, 3.63) is 88.5 Å². The van der Waals surface area contributed by atoms with Crippen molar-refractivity contribution >= 4 is 27.8 Å². The van der Waals surface area contributed by atoms with Gasteiger partial charge in [-0.25, -0.2) is 4.72 Å². The molecule has 7 rings (SSSR count). The van der Waals surface area contributed by atoms with E-state index >= 15 is 0 Å². The first-order valence-electron chi connectivity index (χ1n) is 16.3. The van der Waals surface area contributed by atoms with Crippen LogP contribution in [0.3, 0.4) is 0 Å². The Morgan fingerprint density at radius 1 is 1.02 bits per heavy atom. The predicted octanol–water partition coefficient (Wildman–Crippen LogP) is 5.61. The first-order chi connectivity index (χ1) is 22.6. The van der Waals surface area contributed by atoms with Gasteiger partial charge in [0.2, 0.25) is 0 Å². The second-order valence-corrected chi connectivity index (χ2v) is 15.5. The normalized spacial score (nSPS) is 24.8. The molecule has 3 aromatic carbocycles. The molecule has 4 aliphatic rings. The number of aliphatic carboxylic acids is 1. The number of amides is 1. The van der Waals surface area contributed by atoms with Gasteiger partial charge in [0.15, 0.2) is 11.5 Å². The molecule has 2 saturated carbocycles. The standard InChI is InChI=1S/C36H41N3O7S/c1-38(2)47(43,44)37-34(40)24-14-15-25-28(18-24)39-21-36(35(41)42)19-27(36)31-26(32(39)30(25)23-12-8-5-9-13-23)16-17-29(45-3)33(31)46-20-22-10-6-4-7-11-22/h4,6-7,10-11,14-18,23,27,30,32H,5,8-9,12-13,19-21H2,1-3H3,(H,37,40)(H,41,42). The van der Waals surface area contributed by atoms with Gasteiger partial charge in [-0.1, -0.05) is 61.7 Å². The minimum Gasteiger partial charge on any atom is -0.493 e. The molecule has 0 saturated heterocycles. The molecule has 0 radical (unpaired) electrons. The number of carboxylic acids is 1. The third-order valence-electron chi connectivity index (χ3n) is 10.8. The van der Waals surface area contributed by atoms with Gasteiger partial charge in [0.1, 0.15) is 6.61 Å². The Morgan fingerprint density at radius 3 is 2.43 bits per heavy atom. The summed E-state index contributed by atoms with van der Waals surface area (Å²) in [4.78, 5) is 28.6. The fraction of sp³-hybridized carbons (Fsp3) is 0.444. The van der Waals surface area contributed by atoms with Crippen molar-refractivity contribution in [2.75, 3.05) is 32.6 Å². The molecule has 2 N–H and O–H groups in total. The van der Waals surface area contributed by atoms with Crippen LogP contribution in [0.5, 0.6) is 11.5 Å². The van der Waals surface area contributed by atoms with Crippen LogP contribution in [0.1, 0.15) is 89.0 Å². The first kappa shape index (κ1) is 31.5. The third kappa shape index (κ3) is 5.33. The molecule has 2 aliphatic carbocycles. The average Bonchev–Trinajstić information content (AvgIpc) is 3.74. The number of methoxy groups -OCH3 is 1. The summed E-state index contributed by atoms with van der Waals surface area (Å²) >= 11 is 0. The molecule has 0 bridgehead atoms. The van der Waals surface area contributed by atoms with E-state index in [0.717, 1.165) is 57.9 Å². The molecule has 10 nitrogen and oxygen atoms in total. The fourth-order valence-corrected chi connectivity index (χ4v) is 8.80. The van der Waals surface area contributed by atoms with Gasteiger partial charge in [-0.3, -0.25) is 9.59 Å². The van der Waals surface area contributed by atoms with Gasteiger partial charge in [-0.05, 0) is 60.1 Å². The van der Waals surface area contributed by atoms with E-state index in [1.54, 1.807) is 19.2 Å². The van der Waals surface area contributed by atoms with E-state index in [9.17, 15) is 23.1 Å². The van der Waals surface area contributed by atoms with Crippen LogP contribution < -0.4 is 19.1 Å². The predicted molar refractivity (Wildman–Crippen MR) is 177 cm³/mol. The van der Waals surface area contributed by atoms with Gasteiger partial charge in [-0.2, -0.15) is 12.7 Å². The summed E-state index contributed by atoms with van der Waals surface area (Å²) in [5.74, 6) is -0.266. The van der Waals surface area contributed by atoms with Crippen molar-refractivity contribution in [1.29, 1.82) is 0 Å². The maximum Gasteiger partial charge on any atom is 0.312 e. The zero-order valence-corrected chi connectivity index (χ0v) is 27.8. The van der Waals surface area contributed by atoms with E-state index in [4.69, 9.17) is 9.47 Å². The van der Waals surface area contributed by atoms with Crippen LogP contribution in [-0.2, 0) is 21.6 Å². The molecule has 0 spiro atoms. The summed E-state index contributed by atoms with van der Waals surface area (Å²) in [5, 5.41) is 10.8. The molecular formula is C36H41N3O7S. The van der Waals surface area contributed by atoms with Crippen LogP contribution in [0.4, 0.5) is 5.69 Å². The number of nitrogens with zero attached hydrogens (tertiary/aromatic N) is 2. The molecule has 2 fully saturated rings. The SMILES string of the molecule is COc1ccc2c(c1OCc1ccccc1)C1CC1(C(=O)O)CN1c3cc(C(=O)NS(=O)(=O)N(C)C)ccc3C(C3CCCCC3)C21. The maximum absolute atomic E-state index is 13.3. The lowest BCUT2D eigenvalue weighted by Gasteiger charge is -2.37. The minimum atomic E-state index is -4.00. The van der Waals surface area contributed by atoms with Crippen molar-refractivity contribution in [3.8, 4) is 11.5 Å². The third-order valence-corrected chi connectivity index (χ3v) is 12.2. The molecule has 2 heterocycles. The quantitative estimate of drug-likeness (QED) is 0.304. The largest absolute Gasteiger partial charge is 0.493 e. The van der Waals surface area contributed by atoms with E-state index in [1.807, 2.05) is 42.5 Å². The van der Waals surface area contributed by atoms with E-state index in [-0.39, 0.29) is 30.0 Å². The van der Waals surface area contributed by atoms with Crippen LogP contribution in [-0.4, -0.2) is 57.5 Å². The highest BCUT2D eigenvalue weighted by Crippen LogP contribution is 2.69. The molecule has 3 aromatic rings. The molecule has 1 amide bonds. The summed E-state index contributed by atoms with van der Waals surface area (Å²) in [7, 11) is 0.323. The number of hydrogen-bond acceptors (Lipinski definition) is 7. The Bertz CT molecular complexity index is 1820. The summed E-state index contributed by atoms with van der Waals surface area (Å²) in [6, 6.07) is 19.1. The molecule has 248 valence electrons. The van der Waals surface area contributed by atoms with Crippen LogP contribution in [0.2, 0.25) is 0 Å². The van der Waals surface area contributed by atoms with Gasteiger partial charge in [0.05, 0.1) is 18.6 Å². The number of carbonyl (C=O) groups excluding carboxylic acids is 1. The summed E-state index contributed by atoms with van der Waals surface area (Å²) in [5.41, 5.74) is 3.96. The van der Waals surface area contributed by atoms with E-state index in [1.165, 1.54) is 20.5 Å². The second-order valence-electron chi connectivity index (χ2n) is 13.6. The maximum atomic E-state index is 13.3. The molecule has 11 heteroatoms. The van der Waals surface area contributed by atoms with Gasteiger partial charge in [0, 0.05) is 49.3 Å². The molecule has 4 atom stereocenters. The number of benzene rings is 3. The number of carbonyl (C=O) groups is 2. The lowest BCUT2D eigenvalue weighted by atomic mass is 9.72. The van der Waals surface area contributed by atoms with Crippen LogP contribution in [0.15, 0.2) is 60.7 Å². The van der Waals surface area contributed by atoms with Crippen molar-refractivity contribution in [1.82, 2.24) is 9.03 Å². The van der Waals surface area contributed by atoms with Crippen LogP contribution in [0, 0.1) is 11.3 Å². The number of nitrogens with one attached hydrogen (secondary N) is 1. The van der Waals surface area contributed by atoms with E-state index in [2.05, 4.69) is 15.7 Å². The molecule has 0 aromatic heterocycles. The summed E-state index contributed by atoms with van der Waals surface area (Å²) in [6.45, 7) is 0.583. The summed E-state index contributed by atoms with van der Waals surface area (Å²) in [6.07, 6.45) is 6.04. The van der Waals surface area contributed by atoms with Crippen molar-refractivity contribution in [2.24, 2.45) is 11.3 Å². The van der Waals surface area contributed by atoms with Crippen LogP contribution >= 0.6 is 0 Å². The van der Waals surface area contributed by atoms with Gasteiger partial charge >= 0.3 is 16.2 Å². The number of fused-ring (bicyclic) bond motifs is 7. The Labute approximate surface area is 275 Å².